The Morgan fingerprint density at radius 2 is 1.81 bits per heavy atom. The highest BCUT2D eigenvalue weighted by atomic mass is 32.2. The molecule has 2 rings (SSSR count). The van der Waals surface area contributed by atoms with Crippen molar-refractivity contribution in [1.29, 1.82) is 0 Å². The predicted molar refractivity (Wildman–Crippen MR) is 100 cm³/mol. The maximum atomic E-state index is 13.6. The second kappa shape index (κ2) is 7.97. The van der Waals surface area contributed by atoms with Crippen molar-refractivity contribution in [1.82, 2.24) is 4.31 Å². The third-order valence-electron chi connectivity index (χ3n) is 4.27. The average Bonchev–Trinajstić information content (AvgIpc) is 2.57. The molecule has 0 saturated heterocycles. The Bertz CT molecular complexity index is 924. The van der Waals surface area contributed by atoms with E-state index >= 15 is 0 Å². The highest BCUT2D eigenvalue weighted by Gasteiger charge is 2.20. The van der Waals surface area contributed by atoms with E-state index in [1.54, 1.807) is 31.2 Å². The zero-order valence-electron chi connectivity index (χ0n) is 15.3. The van der Waals surface area contributed by atoms with Gasteiger partial charge in [0.25, 0.3) is 0 Å². The van der Waals surface area contributed by atoms with Gasteiger partial charge in [-0.15, -0.1) is 0 Å². The fourth-order valence-corrected chi connectivity index (χ4v) is 3.49. The number of anilines is 1. The predicted octanol–water partition coefficient (Wildman–Crippen LogP) is 3.26. The van der Waals surface area contributed by atoms with Gasteiger partial charge in [0.1, 0.15) is 5.82 Å². The maximum Gasteiger partial charge on any atom is 0.242 e. The van der Waals surface area contributed by atoms with E-state index in [2.05, 4.69) is 5.32 Å². The minimum absolute atomic E-state index is 0.101. The van der Waals surface area contributed by atoms with E-state index in [4.69, 9.17) is 0 Å². The monoisotopic (exact) mass is 378 g/mol. The van der Waals surface area contributed by atoms with Crippen LogP contribution in [0.3, 0.4) is 0 Å². The van der Waals surface area contributed by atoms with Gasteiger partial charge in [0.05, 0.1) is 4.90 Å². The van der Waals surface area contributed by atoms with Gasteiger partial charge in [-0.05, 0) is 55.2 Å². The molecule has 0 aliphatic rings. The van der Waals surface area contributed by atoms with Crippen LogP contribution in [0.4, 0.5) is 10.1 Å². The summed E-state index contributed by atoms with van der Waals surface area (Å²) >= 11 is 0. The summed E-state index contributed by atoms with van der Waals surface area (Å²) in [4.78, 5) is 12.4. The summed E-state index contributed by atoms with van der Waals surface area (Å²) < 4.78 is 39.5. The molecule has 0 heterocycles. The van der Waals surface area contributed by atoms with E-state index in [9.17, 15) is 17.6 Å². The molecule has 2 aromatic rings. The number of amides is 1. The summed E-state index contributed by atoms with van der Waals surface area (Å²) in [6, 6.07) is 9.36. The van der Waals surface area contributed by atoms with Crippen LogP contribution >= 0.6 is 0 Å². The number of nitrogens with one attached hydrogen (secondary N) is 1. The molecule has 1 amide bonds. The zero-order chi connectivity index (χ0) is 19.5. The lowest BCUT2D eigenvalue weighted by Gasteiger charge is -2.16. The fraction of sp³-hybridized carbons (Fsp3) is 0.316. The van der Waals surface area contributed by atoms with Gasteiger partial charge in [-0.1, -0.05) is 18.2 Å². The van der Waals surface area contributed by atoms with Crippen LogP contribution in [0, 0.1) is 19.7 Å². The maximum absolute atomic E-state index is 13.6. The minimum atomic E-state index is -3.60. The molecule has 0 radical (unpaired) electrons. The number of carbonyl (C=O) groups excluding carboxylic acids is 1. The highest BCUT2D eigenvalue weighted by molar-refractivity contribution is 7.89. The molecule has 0 unspecified atom stereocenters. The zero-order valence-corrected chi connectivity index (χ0v) is 16.2. The van der Waals surface area contributed by atoms with Gasteiger partial charge in [0.2, 0.25) is 15.9 Å². The number of benzene rings is 2. The smallest absolute Gasteiger partial charge is 0.242 e. The average molecular weight is 378 g/mol. The summed E-state index contributed by atoms with van der Waals surface area (Å²) in [5, 5.41) is 2.75. The summed E-state index contributed by atoms with van der Waals surface area (Å²) in [7, 11) is -0.692. The molecule has 5 nitrogen and oxygen atoms in total. The Hall–Kier alpha value is -2.25. The lowest BCUT2D eigenvalue weighted by molar-refractivity contribution is -0.116. The van der Waals surface area contributed by atoms with Crippen molar-refractivity contribution in [2.24, 2.45) is 0 Å². The van der Waals surface area contributed by atoms with Crippen molar-refractivity contribution in [3.63, 3.8) is 0 Å². The second-order valence-corrected chi connectivity index (χ2v) is 8.49. The summed E-state index contributed by atoms with van der Waals surface area (Å²) in [6.07, 6.45) is 0.371. The summed E-state index contributed by atoms with van der Waals surface area (Å²) in [6.45, 7) is 3.60. The Kier molecular flexibility index (Phi) is 6.15. The summed E-state index contributed by atoms with van der Waals surface area (Å²) in [5.41, 5.74) is 2.47. The van der Waals surface area contributed by atoms with E-state index in [0.29, 0.717) is 11.3 Å². The third kappa shape index (κ3) is 4.47. The van der Waals surface area contributed by atoms with Gasteiger partial charge in [0.15, 0.2) is 0 Å². The summed E-state index contributed by atoms with van der Waals surface area (Å²) in [5.74, 6) is -0.637. The number of carbonyl (C=O) groups is 1. The lowest BCUT2D eigenvalue weighted by Crippen LogP contribution is -2.23. The third-order valence-corrected chi connectivity index (χ3v) is 6.07. The van der Waals surface area contributed by atoms with Crippen LogP contribution in [0.1, 0.15) is 23.1 Å². The second-order valence-electron chi connectivity index (χ2n) is 6.34. The molecule has 140 valence electrons. The standard InChI is InChI=1S/C19H23FN2O3S/c1-13-11-16(26(24,25)22(3)4)12-18(14(13)2)21-19(23)10-9-15-7-5-6-8-17(15)20/h5-8,11-12H,9-10H2,1-4H3,(H,21,23). The van der Waals surface area contributed by atoms with Crippen molar-refractivity contribution >= 4 is 21.6 Å². The molecular weight excluding hydrogens is 355 g/mol. The number of nitrogens with zero attached hydrogens (tertiary/aromatic N) is 1. The Morgan fingerprint density at radius 1 is 1.15 bits per heavy atom. The van der Waals surface area contributed by atoms with Crippen LogP contribution in [0.25, 0.3) is 0 Å². The van der Waals surface area contributed by atoms with E-state index in [0.717, 1.165) is 15.4 Å². The van der Waals surface area contributed by atoms with Gasteiger partial charge in [-0.25, -0.2) is 17.1 Å². The number of hydrogen-bond donors (Lipinski definition) is 1. The molecule has 0 atom stereocenters. The van der Waals surface area contributed by atoms with Crippen molar-refractivity contribution in [3.8, 4) is 0 Å². The molecular formula is C19H23FN2O3S. The van der Waals surface area contributed by atoms with Crippen molar-refractivity contribution in [3.05, 3.63) is 58.9 Å². The van der Waals surface area contributed by atoms with Crippen LogP contribution in [-0.2, 0) is 21.2 Å². The van der Waals surface area contributed by atoms with Crippen molar-refractivity contribution in [2.75, 3.05) is 19.4 Å². The first-order valence-corrected chi connectivity index (χ1v) is 9.64. The number of hydrogen-bond acceptors (Lipinski definition) is 3. The van der Waals surface area contributed by atoms with Gasteiger partial charge in [-0.3, -0.25) is 4.79 Å². The number of rotatable bonds is 6. The number of aryl methyl sites for hydroxylation is 2. The van der Waals surface area contributed by atoms with Gasteiger partial charge < -0.3 is 5.32 Å². The quantitative estimate of drug-likeness (QED) is 0.839. The molecule has 26 heavy (non-hydrogen) atoms. The fourth-order valence-electron chi connectivity index (χ4n) is 2.48. The first kappa shape index (κ1) is 20.1. The van der Waals surface area contributed by atoms with E-state index in [1.807, 2.05) is 6.92 Å². The molecule has 0 aromatic heterocycles. The molecule has 0 aliphatic carbocycles. The Balaban J connectivity index is 2.19. The van der Waals surface area contributed by atoms with Crippen LogP contribution < -0.4 is 5.32 Å². The number of halogens is 1. The topological polar surface area (TPSA) is 66.5 Å². The van der Waals surface area contributed by atoms with E-state index in [-0.39, 0.29) is 29.5 Å². The molecule has 0 bridgehead atoms. The van der Waals surface area contributed by atoms with Crippen LogP contribution in [0.15, 0.2) is 41.3 Å². The van der Waals surface area contributed by atoms with Crippen molar-refractivity contribution < 1.29 is 17.6 Å². The molecule has 0 fully saturated rings. The van der Waals surface area contributed by atoms with Gasteiger partial charge >= 0.3 is 0 Å². The molecule has 1 N–H and O–H groups in total. The first-order valence-electron chi connectivity index (χ1n) is 8.20. The van der Waals surface area contributed by atoms with Crippen LogP contribution in [0.2, 0.25) is 0 Å². The SMILES string of the molecule is Cc1cc(S(=O)(=O)N(C)C)cc(NC(=O)CCc2ccccc2F)c1C. The van der Waals surface area contributed by atoms with E-state index in [1.165, 1.54) is 26.2 Å². The molecule has 0 saturated carbocycles. The lowest BCUT2D eigenvalue weighted by atomic mass is 10.1. The van der Waals surface area contributed by atoms with Gasteiger partial charge in [0, 0.05) is 26.2 Å². The minimum Gasteiger partial charge on any atom is -0.326 e. The number of sulfonamides is 1. The highest BCUT2D eigenvalue weighted by Crippen LogP contribution is 2.25. The Morgan fingerprint density at radius 3 is 2.42 bits per heavy atom. The van der Waals surface area contributed by atoms with Gasteiger partial charge in [-0.2, -0.15) is 0 Å². The molecule has 0 aliphatic heterocycles. The molecule has 7 heteroatoms. The van der Waals surface area contributed by atoms with Crippen LogP contribution in [-0.4, -0.2) is 32.7 Å². The van der Waals surface area contributed by atoms with E-state index < -0.39 is 10.0 Å². The van der Waals surface area contributed by atoms with Crippen LogP contribution in [0.5, 0.6) is 0 Å². The first-order chi connectivity index (χ1) is 12.1. The van der Waals surface area contributed by atoms with Crippen molar-refractivity contribution in [2.45, 2.75) is 31.6 Å². The molecule has 0 spiro atoms. The Labute approximate surface area is 153 Å². The normalized spacial score (nSPS) is 11.6. The molecule has 2 aromatic carbocycles. The largest absolute Gasteiger partial charge is 0.326 e.